The summed E-state index contributed by atoms with van der Waals surface area (Å²) in [5.41, 5.74) is 2.03. The van der Waals surface area contributed by atoms with Gasteiger partial charge in [0.1, 0.15) is 6.26 Å². The predicted octanol–water partition coefficient (Wildman–Crippen LogP) is 2.86. The first-order valence-corrected chi connectivity index (χ1v) is 10.9. The van der Waals surface area contributed by atoms with Gasteiger partial charge >= 0.3 is 0 Å². The zero-order valence-corrected chi connectivity index (χ0v) is 17.5. The van der Waals surface area contributed by atoms with Gasteiger partial charge in [0, 0.05) is 37.8 Å². The molecule has 2 fully saturated rings. The third kappa shape index (κ3) is 4.49. The number of carbonyl (C=O) groups is 1. The fraction of sp³-hybridized carbons (Fsp3) is 0.435. The van der Waals surface area contributed by atoms with Gasteiger partial charge in [-0.15, -0.1) is 10.2 Å². The minimum absolute atomic E-state index is 0.228. The van der Waals surface area contributed by atoms with Crippen LogP contribution in [0.4, 0.5) is 5.69 Å². The standard InChI is InChI=1S/C23H27N5O3/c29-21(28-13-11-27(12-14-28)20-4-2-1-3-5-20)16-26-9-6-18(7-10-26)22-24-25-23(31-22)19-8-15-30-17-19/h1-5,8,15,17-18H,6-7,9-14,16H2. The fourth-order valence-corrected chi connectivity index (χ4v) is 4.38. The summed E-state index contributed by atoms with van der Waals surface area (Å²) in [5.74, 6) is 1.65. The van der Waals surface area contributed by atoms with Crippen LogP contribution in [0, 0.1) is 0 Å². The van der Waals surface area contributed by atoms with Crippen LogP contribution in [-0.2, 0) is 4.79 Å². The molecular weight excluding hydrogens is 394 g/mol. The van der Waals surface area contributed by atoms with E-state index in [0.717, 1.165) is 57.7 Å². The lowest BCUT2D eigenvalue weighted by molar-refractivity contribution is -0.133. The highest BCUT2D eigenvalue weighted by Gasteiger charge is 2.28. The molecule has 8 nitrogen and oxygen atoms in total. The van der Waals surface area contributed by atoms with Crippen LogP contribution in [0.15, 0.2) is 57.8 Å². The van der Waals surface area contributed by atoms with Gasteiger partial charge < -0.3 is 18.6 Å². The number of aromatic nitrogens is 2. The molecule has 0 N–H and O–H groups in total. The molecule has 162 valence electrons. The SMILES string of the molecule is O=C(CN1CCC(c2nnc(-c3ccoc3)o2)CC1)N1CCN(c2ccccc2)CC1. The molecule has 0 aliphatic carbocycles. The zero-order chi connectivity index (χ0) is 21.0. The van der Waals surface area contributed by atoms with Gasteiger partial charge in [-0.25, -0.2) is 0 Å². The molecule has 0 spiro atoms. The summed E-state index contributed by atoms with van der Waals surface area (Å²) in [6.45, 7) is 5.55. The van der Waals surface area contributed by atoms with E-state index in [4.69, 9.17) is 8.83 Å². The number of hydrogen-bond donors (Lipinski definition) is 0. The van der Waals surface area contributed by atoms with Gasteiger partial charge in [-0.2, -0.15) is 0 Å². The highest BCUT2D eigenvalue weighted by molar-refractivity contribution is 5.78. The van der Waals surface area contributed by atoms with Crippen LogP contribution in [0.1, 0.15) is 24.7 Å². The van der Waals surface area contributed by atoms with Gasteiger partial charge in [0.2, 0.25) is 11.8 Å². The smallest absolute Gasteiger partial charge is 0.250 e. The van der Waals surface area contributed by atoms with Crippen molar-refractivity contribution < 1.29 is 13.6 Å². The number of para-hydroxylation sites is 1. The Balaban J connectivity index is 1.08. The number of nitrogens with zero attached hydrogens (tertiary/aromatic N) is 5. The maximum absolute atomic E-state index is 12.8. The Kier molecular flexibility index (Phi) is 5.71. The van der Waals surface area contributed by atoms with Crippen molar-refractivity contribution in [2.45, 2.75) is 18.8 Å². The van der Waals surface area contributed by atoms with Gasteiger partial charge in [0.25, 0.3) is 5.89 Å². The van der Waals surface area contributed by atoms with Crippen LogP contribution in [0.5, 0.6) is 0 Å². The largest absolute Gasteiger partial charge is 0.472 e. The van der Waals surface area contributed by atoms with Crippen molar-refractivity contribution in [2.75, 3.05) is 50.7 Å². The molecule has 4 heterocycles. The van der Waals surface area contributed by atoms with E-state index in [0.29, 0.717) is 18.3 Å². The van der Waals surface area contributed by atoms with Crippen molar-refractivity contribution in [2.24, 2.45) is 0 Å². The topological polar surface area (TPSA) is 78.8 Å². The van der Waals surface area contributed by atoms with Gasteiger partial charge in [0.15, 0.2) is 0 Å². The number of anilines is 1. The van der Waals surface area contributed by atoms with E-state index < -0.39 is 0 Å². The second kappa shape index (κ2) is 8.93. The first kappa shape index (κ1) is 19.8. The van der Waals surface area contributed by atoms with Crippen LogP contribution in [-0.4, -0.2) is 71.7 Å². The van der Waals surface area contributed by atoms with Crippen LogP contribution in [0.2, 0.25) is 0 Å². The Morgan fingerprint density at radius 3 is 2.45 bits per heavy atom. The number of benzene rings is 1. The summed E-state index contributed by atoms with van der Waals surface area (Å²) in [4.78, 5) is 19.4. The molecule has 0 unspecified atom stereocenters. The third-order valence-electron chi connectivity index (χ3n) is 6.26. The predicted molar refractivity (Wildman–Crippen MR) is 116 cm³/mol. The molecule has 1 amide bonds. The summed E-state index contributed by atoms with van der Waals surface area (Å²) in [5, 5.41) is 8.37. The normalized spacial score (nSPS) is 18.5. The van der Waals surface area contributed by atoms with Gasteiger partial charge in [-0.3, -0.25) is 9.69 Å². The van der Waals surface area contributed by atoms with Crippen molar-refractivity contribution in [3.63, 3.8) is 0 Å². The van der Waals surface area contributed by atoms with E-state index in [9.17, 15) is 4.79 Å². The first-order chi connectivity index (χ1) is 15.3. The molecule has 5 rings (SSSR count). The number of rotatable bonds is 5. The van der Waals surface area contributed by atoms with E-state index >= 15 is 0 Å². The quantitative estimate of drug-likeness (QED) is 0.627. The second-order valence-corrected chi connectivity index (χ2v) is 8.21. The van der Waals surface area contributed by atoms with Crippen LogP contribution in [0.3, 0.4) is 0 Å². The highest BCUT2D eigenvalue weighted by Crippen LogP contribution is 2.29. The molecule has 3 aromatic rings. The maximum Gasteiger partial charge on any atom is 0.250 e. The van der Waals surface area contributed by atoms with Gasteiger partial charge in [0.05, 0.1) is 18.4 Å². The number of likely N-dealkylation sites (tertiary alicyclic amines) is 1. The summed E-state index contributed by atoms with van der Waals surface area (Å²) in [7, 11) is 0. The summed E-state index contributed by atoms with van der Waals surface area (Å²) in [6.07, 6.45) is 5.03. The number of hydrogen-bond acceptors (Lipinski definition) is 7. The molecule has 31 heavy (non-hydrogen) atoms. The molecule has 1 aromatic carbocycles. The third-order valence-corrected chi connectivity index (χ3v) is 6.26. The Labute approximate surface area is 181 Å². The molecule has 0 radical (unpaired) electrons. The van der Waals surface area contributed by atoms with E-state index in [1.807, 2.05) is 17.0 Å². The summed E-state index contributed by atoms with van der Waals surface area (Å²) >= 11 is 0. The first-order valence-electron chi connectivity index (χ1n) is 10.9. The molecule has 2 aliphatic rings. The second-order valence-electron chi connectivity index (χ2n) is 8.21. The lowest BCUT2D eigenvalue weighted by atomic mass is 9.97. The fourth-order valence-electron chi connectivity index (χ4n) is 4.38. The van der Waals surface area contributed by atoms with Crippen molar-refractivity contribution in [1.82, 2.24) is 20.0 Å². The van der Waals surface area contributed by atoms with Gasteiger partial charge in [-0.05, 0) is 44.1 Å². The Morgan fingerprint density at radius 2 is 1.74 bits per heavy atom. The average molecular weight is 422 g/mol. The minimum Gasteiger partial charge on any atom is -0.472 e. The monoisotopic (exact) mass is 421 g/mol. The maximum atomic E-state index is 12.8. The van der Waals surface area contributed by atoms with Crippen molar-refractivity contribution in [3.05, 3.63) is 54.8 Å². The molecular formula is C23H27N5O3. The van der Waals surface area contributed by atoms with E-state index in [1.54, 1.807) is 12.5 Å². The summed E-state index contributed by atoms with van der Waals surface area (Å²) in [6, 6.07) is 12.2. The molecule has 0 bridgehead atoms. The Hall–Kier alpha value is -3.13. The van der Waals surface area contributed by atoms with Crippen LogP contribution >= 0.6 is 0 Å². The van der Waals surface area contributed by atoms with E-state index in [-0.39, 0.29) is 11.8 Å². The van der Waals surface area contributed by atoms with Crippen LogP contribution in [0.25, 0.3) is 11.5 Å². The van der Waals surface area contributed by atoms with Crippen LogP contribution < -0.4 is 4.90 Å². The van der Waals surface area contributed by atoms with E-state index in [2.05, 4.69) is 44.3 Å². The highest BCUT2D eigenvalue weighted by atomic mass is 16.4. The van der Waals surface area contributed by atoms with Gasteiger partial charge in [-0.1, -0.05) is 18.2 Å². The lowest BCUT2D eigenvalue weighted by Crippen LogP contribution is -2.51. The molecule has 2 aromatic heterocycles. The molecule has 0 atom stereocenters. The Morgan fingerprint density at radius 1 is 0.968 bits per heavy atom. The molecule has 0 saturated carbocycles. The van der Waals surface area contributed by atoms with Crippen molar-refractivity contribution >= 4 is 11.6 Å². The lowest BCUT2D eigenvalue weighted by Gasteiger charge is -2.37. The number of amides is 1. The molecule has 2 saturated heterocycles. The van der Waals surface area contributed by atoms with Crippen molar-refractivity contribution in [3.8, 4) is 11.5 Å². The average Bonchev–Trinajstić information content (AvgIpc) is 3.53. The van der Waals surface area contributed by atoms with Crippen molar-refractivity contribution in [1.29, 1.82) is 0 Å². The number of piperidine rings is 1. The number of furan rings is 1. The Bertz CT molecular complexity index is 972. The molecule has 8 heteroatoms. The number of piperazine rings is 1. The summed E-state index contributed by atoms with van der Waals surface area (Å²) < 4.78 is 10.9. The van der Waals surface area contributed by atoms with E-state index in [1.165, 1.54) is 5.69 Å². The minimum atomic E-state index is 0.228. The molecule has 2 aliphatic heterocycles. The zero-order valence-electron chi connectivity index (χ0n) is 17.5. The number of carbonyl (C=O) groups excluding carboxylic acids is 1.